The number of hydrogen-bond acceptors (Lipinski definition) is 5. The van der Waals surface area contributed by atoms with E-state index in [0.717, 1.165) is 24.9 Å². The van der Waals surface area contributed by atoms with E-state index in [0.29, 0.717) is 19.5 Å². The standard InChI is InChI=1S/C37H55N3O4S/c1-11-21-38(26-17-15-14-16-18-26)31(42)28-29-32(43)40(27(23-41)25(4)13-3)30(37(29)20-19-36(28,10)45-37)33(44)39(22-12-2)35(8,9)24-34(5,6)7/h11-12,14-18,25,27-30,41H,1-2,13,19-24H2,3-10H3/t25-,27-,28-,29-,30?,36+,37?/m0/s1. The zero-order valence-electron chi connectivity index (χ0n) is 28.7. The molecule has 0 saturated carbocycles. The lowest BCUT2D eigenvalue weighted by molar-refractivity contribution is -0.150. The molecule has 7 nitrogen and oxygen atoms in total. The Morgan fingerprint density at radius 1 is 1.09 bits per heavy atom. The molecule has 1 spiro atoms. The van der Waals surface area contributed by atoms with Gasteiger partial charge in [0, 0.05) is 29.1 Å². The Balaban J connectivity index is 1.88. The number of para-hydroxylation sites is 1. The van der Waals surface area contributed by atoms with Crippen molar-refractivity contribution in [2.24, 2.45) is 23.2 Å². The molecule has 248 valence electrons. The first kappa shape index (κ1) is 35.3. The molecule has 2 unspecified atom stereocenters. The number of amides is 3. The molecule has 1 N–H and O–H groups in total. The van der Waals surface area contributed by atoms with Crippen LogP contribution in [0.5, 0.6) is 0 Å². The van der Waals surface area contributed by atoms with Crippen molar-refractivity contribution >= 4 is 35.2 Å². The van der Waals surface area contributed by atoms with Crippen LogP contribution in [0.1, 0.15) is 81.1 Å². The summed E-state index contributed by atoms with van der Waals surface area (Å²) in [5, 5.41) is 10.8. The van der Waals surface area contributed by atoms with E-state index in [9.17, 15) is 14.7 Å². The van der Waals surface area contributed by atoms with Gasteiger partial charge in [-0.25, -0.2) is 0 Å². The third-order valence-corrected chi connectivity index (χ3v) is 12.5. The highest BCUT2D eigenvalue weighted by atomic mass is 32.2. The summed E-state index contributed by atoms with van der Waals surface area (Å²) in [4.78, 5) is 50.2. The molecule has 45 heavy (non-hydrogen) atoms. The van der Waals surface area contributed by atoms with Crippen molar-refractivity contribution in [3.8, 4) is 0 Å². The molecule has 0 radical (unpaired) electrons. The molecule has 7 atom stereocenters. The van der Waals surface area contributed by atoms with Crippen molar-refractivity contribution in [1.82, 2.24) is 9.80 Å². The maximum Gasteiger partial charge on any atom is 0.247 e. The second kappa shape index (κ2) is 12.9. The Labute approximate surface area is 275 Å². The third kappa shape index (κ3) is 6.14. The number of anilines is 1. The molecule has 3 fully saturated rings. The van der Waals surface area contributed by atoms with E-state index in [1.807, 2.05) is 49.1 Å². The smallest absolute Gasteiger partial charge is 0.247 e. The maximum atomic E-state index is 15.2. The summed E-state index contributed by atoms with van der Waals surface area (Å²) in [5.41, 5.74) is 0.195. The number of nitrogens with zero attached hydrogens (tertiary/aromatic N) is 3. The van der Waals surface area contributed by atoms with Crippen LogP contribution in [-0.2, 0) is 14.4 Å². The Morgan fingerprint density at radius 2 is 1.71 bits per heavy atom. The molecular weight excluding hydrogens is 582 g/mol. The van der Waals surface area contributed by atoms with Crippen LogP contribution in [0.4, 0.5) is 5.69 Å². The predicted molar refractivity (Wildman–Crippen MR) is 185 cm³/mol. The van der Waals surface area contributed by atoms with Gasteiger partial charge >= 0.3 is 0 Å². The van der Waals surface area contributed by atoms with Gasteiger partial charge in [0.05, 0.1) is 29.2 Å². The Morgan fingerprint density at radius 3 is 2.24 bits per heavy atom. The van der Waals surface area contributed by atoms with Crippen LogP contribution in [0.2, 0.25) is 0 Å². The van der Waals surface area contributed by atoms with Gasteiger partial charge in [-0.2, -0.15) is 0 Å². The molecule has 3 saturated heterocycles. The van der Waals surface area contributed by atoms with Gasteiger partial charge in [-0.05, 0) is 63.5 Å². The molecule has 2 bridgehead atoms. The van der Waals surface area contributed by atoms with Crippen molar-refractivity contribution in [3.63, 3.8) is 0 Å². The van der Waals surface area contributed by atoms with Crippen LogP contribution in [0.25, 0.3) is 0 Å². The second-order valence-corrected chi connectivity index (χ2v) is 17.4. The number of aliphatic hydroxyl groups is 1. The van der Waals surface area contributed by atoms with Crippen LogP contribution in [-0.4, -0.2) is 79.4 Å². The van der Waals surface area contributed by atoms with Crippen molar-refractivity contribution in [2.75, 3.05) is 24.6 Å². The van der Waals surface area contributed by atoms with Crippen LogP contribution < -0.4 is 4.90 Å². The van der Waals surface area contributed by atoms with Crippen molar-refractivity contribution in [2.45, 2.75) is 108 Å². The third-order valence-electron chi connectivity index (χ3n) is 10.5. The van der Waals surface area contributed by atoms with E-state index in [4.69, 9.17) is 0 Å². The highest BCUT2D eigenvalue weighted by Crippen LogP contribution is 2.72. The minimum Gasteiger partial charge on any atom is -0.394 e. The first-order valence-electron chi connectivity index (χ1n) is 16.6. The van der Waals surface area contributed by atoms with Gasteiger partial charge in [-0.15, -0.1) is 24.9 Å². The number of rotatable bonds is 13. The van der Waals surface area contributed by atoms with E-state index >= 15 is 4.79 Å². The first-order chi connectivity index (χ1) is 21.0. The summed E-state index contributed by atoms with van der Waals surface area (Å²) in [6.45, 7) is 25.2. The number of carbonyl (C=O) groups is 3. The highest BCUT2D eigenvalue weighted by molar-refractivity contribution is 8.02. The molecule has 0 aliphatic carbocycles. The van der Waals surface area contributed by atoms with E-state index in [2.05, 4.69) is 54.7 Å². The molecule has 4 rings (SSSR count). The van der Waals surface area contributed by atoms with Crippen LogP contribution in [0.3, 0.4) is 0 Å². The highest BCUT2D eigenvalue weighted by Gasteiger charge is 2.78. The minimum absolute atomic E-state index is 0.0339. The lowest BCUT2D eigenvalue weighted by atomic mass is 9.66. The molecule has 3 aliphatic heterocycles. The number of aliphatic hydroxyl groups excluding tert-OH is 1. The zero-order valence-corrected chi connectivity index (χ0v) is 29.5. The number of likely N-dealkylation sites (tertiary alicyclic amines) is 1. The van der Waals surface area contributed by atoms with Crippen molar-refractivity contribution in [3.05, 3.63) is 55.6 Å². The quantitative estimate of drug-likeness (QED) is 0.256. The van der Waals surface area contributed by atoms with Crippen molar-refractivity contribution in [1.29, 1.82) is 0 Å². The van der Waals surface area contributed by atoms with E-state index in [1.54, 1.807) is 33.7 Å². The molecule has 1 aromatic carbocycles. The van der Waals surface area contributed by atoms with E-state index < -0.39 is 39.0 Å². The summed E-state index contributed by atoms with van der Waals surface area (Å²) in [6, 6.07) is 8.20. The largest absolute Gasteiger partial charge is 0.394 e. The average Bonchev–Trinajstić information content (AvgIpc) is 3.54. The summed E-state index contributed by atoms with van der Waals surface area (Å²) >= 11 is 1.68. The normalized spacial score (nSPS) is 28.9. The number of fused-ring (bicyclic) bond motifs is 1. The Kier molecular flexibility index (Phi) is 10.1. The summed E-state index contributed by atoms with van der Waals surface area (Å²) in [5.74, 6) is -1.72. The van der Waals surface area contributed by atoms with Gasteiger partial charge in [-0.1, -0.05) is 71.4 Å². The van der Waals surface area contributed by atoms with Gasteiger partial charge in [0.1, 0.15) is 6.04 Å². The minimum atomic E-state index is -0.797. The molecule has 3 heterocycles. The van der Waals surface area contributed by atoms with Crippen molar-refractivity contribution < 1.29 is 19.5 Å². The van der Waals surface area contributed by atoms with Crippen LogP contribution in [0, 0.1) is 23.2 Å². The topological polar surface area (TPSA) is 81.2 Å². The van der Waals surface area contributed by atoms with Crippen LogP contribution >= 0.6 is 11.8 Å². The fraction of sp³-hybridized carbons (Fsp3) is 0.649. The number of thioether (sulfide) groups is 1. The predicted octanol–water partition coefficient (Wildman–Crippen LogP) is 6.32. The lowest BCUT2D eigenvalue weighted by Gasteiger charge is -2.47. The van der Waals surface area contributed by atoms with Gasteiger partial charge in [-0.3, -0.25) is 14.4 Å². The number of benzene rings is 1. The van der Waals surface area contributed by atoms with Gasteiger partial charge in [0.25, 0.3) is 0 Å². The monoisotopic (exact) mass is 637 g/mol. The Bertz CT molecular complexity index is 1290. The number of carbonyl (C=O) groups excluding carboxylic acids is 3. The average molecular weight is 638 g/mol. The van der Waals surface area contributed by atoms with Gasteiger partial charge in [0.15, 0.2) is 0 Å². The van der Waals surface area contributed by atoms with E-state index in [-0.39, 0.29) is 35.7 Å². The molecule has 1 aromatic rings. The second-order valence-electron chi connectivity index (χ2n) is 15.5. The number of hydrogen-bond donors (Lipinski definition) is 1. The molecule has 3 amide bonds. The summed E-state index contributed by atoms with van der Waals surface area (Å²) < 4.78 is -1.29. The fourth-order valence-electron chi connectivity index (χ4n) is 8.72. The van der Waals surface area contributed by atoms with Gasteiger partial charge < -0.3 is 19.8 Å². The zero-order chi connectivity index (χ0) is 33.5. The molecule has 8 heteroatoms. The SMILES string of the molecule is C=CCN(C(=O)[C@@H]1[C@H]2C(=O)N([C@@H](CO)[C@@H](C)CC)C(C(=O)N(CC=C)C(C)(C)CC(C)(C)C)C23CC[C@@]1(C)S3)c1ccccc1. The van der Waals surface area contributed by atoms with E-state index in [1.165, 1.54) is 0 Å². The Hall–Kier alpha value is -2.58. The lowest BCUT2D eigenvalue weighted by Crippen LogP contribution is -2.62. The maximum absolute atomic E-state index is 15.2. The molecular formula is C37H55N3O4S. The summed E-state index contributed by atoms with van der Waals surface area (Å²) in [7, 11) is 0. The molecule has 3 aliphatic rings. The first-order valence-corrected chi connectivity index (χ1v) is 17.4. The summed E-state index contributed by atoms with van der Waals surface area (Å²) in [6.07, 6.45) is 6.36. The van der Waals surface area contributed by atoms with Crippen LogP contribution in [0.15, 0.2) is 55.6 Å². The molecule has 0 aromatic heterocycles. The van der Waals surface area contributed by atoms with Gasteiger partial charge in [0.2, 0.25) is 17.7 Å². The fourth-order valence-corrected chi connectivity index (χ4v) is 11.1.